The van der Waals surface area contributed by atoms with E-state index in [9.17, 15) is 10.1 Å². The third-order valence-electron chi connectivity index (χ3n) is 2.73. The molecule has 2 rings (SSSR count). The van der Waals surface area contributed by atoms with Crippen molar-refractivity contribution < 1.29 is 4.79 Å². The summed E-state index contributed by atoms with van der Waals surface area (Å²) in [7, 11) is 0. The fourth-order valence-electron chi connectivity index (χ4n) is 1.74. The number of rotatable bonds is 3. The summed E-state index contributed by atoms with van der Waals surface area (Å²) in [4.78, 5) is 12.2. The SMILES string of the molecule is N#CC(C(=O)Nc1cccc(Cl)c1Cl)c1ccccc1. The summed E-state index contributed by atoms with van der Waals surface area (Å²) in [5, 5.41) is 12.4. The quantitative estimate of drug-likeness (QED) is 0.922. The molecule has 2 aromatic carbocycles. The molecule has 0 saturated heterocycles. The highest BCUT2D eigenvalue weighted by Gasteiger charge is 2.21. The second-order valence-corrected chi connectivity index (χ2v) is 4.85. The highest BCUT2D eigenvalue weighted by molar-refractivity contribution is 6.44. The lowest BCUT2D eigenvalue weighted by molar-refractivity contribution is -0.116. The van der Waals surface area contributed by atoms with E-state index in [1.165, 1.54) is 0 Å². The molecule has 0 aromatic heterocycles. The number of carbonyl (C=O) groups excluding carboxylic acids is 1. The first kappa shape index (κ1) is 14.4. The summed E-state index contributed by atoms with van der Waals surface area (Å²) in [5.74, 6) is -1.34. The molecule has 0 radical (unpaired) electrons. The Kier molecular flexibility index (Phi) is 4.62. The van der Waals surface area contributed by atoms with Gasteiger partial charge in [0.05, 0.1) is 21.8 Å². The smallest absolute Gasteiger partial charge is 0.246 e. The molecule has 0 spiro atoms. The zero-order valence-electron chi connectivity index (χ0n) is 10.3. The Morgan fingerprint density at radius 1 is 1.10 bits per heavy atom. The predicted octanol–water partition coefficient (Wildman–Crippen LogP) is 4.24. The van der Waals surface area contributed by atoms with Crippen LogP contribution < -0.4 is 5.32 Å². The van der Waals surface area contributed by atoms with Crippen LogP contribution in [0.3, 0.4) is 0 Å². The maximum absolute atomic E-state index is 12.2. The number of anilines is 1. The number of carbonyl (C=O) groups is 1. The van der Waals surface area contributed by atoms with E-state index in [0.29, 0.717) is 16.3 Å². The molecule has 0 saturated carbocycles. The first-order chi connectivity index (χ1) is 9.63. The van der Waals surface area contributed by atoms with Crippen LogP contribution in [-0.4, -0.2) is 5.91 Å². The first-order valence-corrected chi connectivity index (χ1v) is 6.58. The number of hydrogen-bond donors (Lipinski definition) is 1. The summed E-state index contributed by atoms with van der Waals surface area (Å²) >= 11 is 11.9. The Hall–Kier alpha value is -2.02. The van der Waals surface area contributed by atoms with E-state index in [0.717, 1.165) is 0 Å². The van der Waals surface area contributed by atoms with Gasteiger partial charge >= 0.3 is 0 Å². The zero-order valence-corrected chi connectivity index (χ0v) is 11.8. The first-order valence-electron chi connectivity index (χ1n) is 5.83. The minimum atomic E-state index is -0.897. The van der Waals surface area contributed by atoms with E-state index in [4.69, 9.17) is 23.2 Å². The van der Waals surface area contributed by atoms with Crippen molar-refractivity contribution in [3.63, 3.8) is 0 Å². The average Bonchev–Trinajstić information content (AvgIpc) is 2.46. The molecule has 20 heavy (non-hydrogen) atoms. The molecule has 0 fully saturated rings. The molecule has 1 unspecified atom stereocenters. The fourth-order valence-corrected chi connectivity index (χ4v) is 2.08. The highest BCUT2D eigenvalue weighted by atomic mass is 35.5. The van der Waals surface area contributed by atoms with Crippen molar-refractivity contribution in [2.75, 3.05) is 5.32 Å². The van der Waals surface area contributed by atoms with Gasteiger partial charge in [0.15, 0.2) is 5.92 Å². The minimum Gasteiger partial charge on any atom is -0.323 e. The van der Waals surface area contributed by atoms with Crippen molar-refractivity contribution in [3.8, 4) is 6.07 Å². The van der Waals surface area contributed by atoms with E-state index >= 15 is 0 Å². The highest BCUT2D eigenvalue weighted by Crippen LogP contribution is 2.30. The van der Waals surface area contributed by atoms with E-state index < -0.39 is 11.8 Å². The van der Waals surface area contributed by atoms with Crippen LogP contribution in [0.1, 0.15) is 11.5 Å². The van der Waals surface area contributed by atoms with Gasteiger partial charge in [-0.3, -0.25) is 4.79 Å². The molecule has 1 amide bonds. The monoisotopic (exact) mass is 304 g/mol. The number of halogens is 2. The zero-order chi connectivity index (χ0) is 14.5. The van der Waals surface area contributed by atoms with Gasteiger partial charge in [0.2, 0.25) is 5.91 Å². The van der Waals surface area contributed by atoms with Gasteiger partial charge in [-0.25, -0.2) is 0 Å². The van der Waals surface area contributed by atoms with E-state index in [1.807, 2.05) is 12.1 Å². The molecule has 0 aliphatic heterocycles. The molecule has 0 bridgehead atoms. The van der Waals surface area contributed by atoms with Crippen molar-refractivity contribution in [2.24, 2.45) is 0 Å². The van der Waals surface area contributed by atoms with Gasteiger partial charge in [-0.2, -0.15) is 5.26 Å². The number of hydrogen-bond acceptors (Lipinski definition) is 2. The van der Waals surface area contributed by atoms with Crippen LogP contribution in [0.25, 0.3) is 0 Å². The molecular formula is C15H10Cl2N2O. The second-order valence-electron chi connectivity index (χ2n) is 4.06. The average molecular weight is 305 g/mol. The molecule has 1 atom stereocenters. The predicted molar refractivity (Wildman–Crippen MR) is 79.9 cm³/mol. The molecule has 0 aliphatic carbocycles. The topological polar surface area (TPSA) is 52.9 Å². The van der Waals surface area contributed by atoms with Gasteiger partial charge in [0.1, 0.15) is 0 Å². The Balaban J connectivity index is 2.23. The van der Waals surface area contributed by atoms with E-state index in [2.05, 4.69) is 5.32 Å². The number of amides is 1. The minimum absolute atomic E-state index is 0.257. The summed E-state index contributed by atoms with van der Waals surface area (Å²) in [6.45, 7) is 0. The van der Waals surface area contributed by atoms with Gasteiger partial charge in [0, 0.05) is 0 Å². The molecule has 0 aliphatic rings. The van der Waals surface area contributed by atoms with Gasteiger partial charge in [0.25, 0.3) is 0 Å². The van der Waals surface area contributed by atoms with Crippen LogP contribution in [-0.2, 0) is 4.79 Å². The molecule has 0 heterocycles. The van der Waals surface area contributed by atoms with Crippen molar-refractivity contribution in [1.82, 2.24) is 0 Å². The Morgan fingerprint density at radius 3 is 2.45 bits per heavy atom. The van der Waals surface area contributed by atoms with Crippen LogP contribution >= 0.6 is 23.2 Å². The Morgan fingerprint density at radius 2 is 1.80 bits per heavy atom. The molecule has 1 N–H and O–H groups in total. The fraction of sp³-hybridized carbons (Fsp3) is 0.0667. The third-order valence-corrected chi connectivity index (χ3v) is 3.55. The Labute approximate surface area is 126 Å². The third kappa shape index (κ3) is 3.11. The molecule has 2 aromatic rings. The summed E-state index contributed by atoms with van der Waals surface area (Å²) in [6, 6.07) is 15.7. The van der Waals surface area contributed by atoms with E-state index in [-0.39, 0.29) is 5.02 Å². The lowest BCUT2D eigenvalue weighted by Gasteiger charge is -2.12. The maximum atomic E-state index is 12.2. The maximum Gasteiger partial charge on any atom is 0.246 e. The second kappa shape index (κ2) is 6.42. The summed E-state index contributed by atoms with van der Waals surface area (Å²) in [6.07, 6.45) is 0. The summed E-state index contributed by atoms with van der Waals surface area (Å²) in [5.41, 5.74) is 1.02. The number of nitriles is 1. The van der Waals surface area contributed by atoms with Crippen molar-refractivity contribution in [3.05, 3.63) is 64.1 Å². The van der Waals surface area contributed by atoms with Crippen molar-refractivity contribution in [2.45, 2.75) is 5.92 Å². The molecule has 5 heteroatoms. The van der Waals surface area contributed by atoms with E-state index in [1.54, 1.807) is 42.5 Å². The van der Waals surface area contributed by atoms with Crippen molar-refractivity contribution >= 4 is 34.8 Å². The van der Waals surface area contributed by atoms with Crippen LogP contribution in [0, 0.1) is 11.3 Å². The standard InChI is InChI=1S/C15H10Cl2N2O/c16-12-7-4-8-13(14(12)17)19-15(20)11(9-18)10-5-2-1-3-6-10/h1-8,11H,(H,19,20). The normalized spacial score (nSPS) is 11.4. The van der Waals surface area contributed by atoms with Gasteiger partial charge < -0.3 is 5.32 Å². The van der Waals surface area contributed by atoms with Crippen molar-refractivity contribution in [1.29, 1.82) is 5.26 Å². The van der Waals surface area contributed by atoms with Gasteiger partial charge in [-0.15, -0.1) is 0 Å². The number of nitrogens with one attached hydrogen (secondary N) is 1. The largest absolute Gasteiger partial charge is 0.323 e. The lowest BCUT2D eigenvalue weighted by atomic mass is 10.00. The molecule has 100 valence electrons. The lowest BCUT2D eigenvalue weighted by Crippen LogP contribution is -2.20. The van der Waals surface area contributed by atoms with Crippen LogP contribution in [0.15, 0.2) is 48.5 Å². The van der Waals surface area contributed by atoms with Crippen LogP contribution in [0.2, 0.25) is 10.0 Å². The Bertz CT molecular complexity index is 665. The number of benzene rings is 2. The van der Waals surface area contributed by atoms with Gasteiger partial charge in [-0.1, -0.05) is 59.6 Å². The number of nitrogens with zero attached hydrogens (tertiary/aromatic N) is 1. The summed E-state index contributed by atoms with van der Waals surface area (Å²) < 4.78 is 0. The van der Waals surface area contributed by atoms with Crippen LogP contribution in [0.5, 0.6) is 0 Å². The molecular weight excluding hydrogens is 295 g/mol. The van der Waals surface area contributed by atoms with Crippen LogP contribution in [0.4, 0.5) is 5.69 Å². The van der Waals surface area contributed by atoms with Gasteiger partial charge in [-0.05, 0) is 17.7 Å². The molecule has 3 nitrogen and oxygen atoms in total.